The maximum Gasteiger partial charge on any atom is 0.119 e. The fourth-order valence-electron chi connectivity index (χ4n) is 3.80. The van der Waals surface area contributed by atoms with Crippen LogP contribution in [0.1, 0.15) is 40.7 Å². The molecule has 26 heavy (non-hydrogen) atoms. The Kier molecular flexibility index (Phi) is 4.32. The summed E-state index contributed by atoms with van der Waals surface area (Å²) in [5.74, 6) is 0. The van der Waals surface area contributed by atoms with E-state index >= 15 is 0 Å². The van der Waals surface area contributed by atoms with Crippen LogP contribution in [0.4, 0.5) is 0 Å². The Balaban J connectivity index is 1.69. The van der Waals surface area contributed by atoms with Gasteiger partial charge in [0.2, 0.25) is 0 Å². The second-order valence-corrected chi connectivity index (χ2v) is 6.87. The van der Waals surface area contributed by atoms with Crippen LogP contribution >= 0.6 is 0 Å². The van der Waals surface area contributed by atoms with E-state index in [-0.39, 0.29) is 0 Å². The summed E-state index contributed by atoms with van der Waals surface area (Å²) in [5.41, 5.74) is 4.96. The lowest BCUT2D eigenvalue weighted by atomic mass is 9.81. The third kappa shape index (κ3) is 2.91. The first-order valence-electron chi connectivity index (χ1n) is 8.92. The normalized spacial score (nSPS) is 18.5. The summed E-state index contributed by atoms with van der Waals surface area (Å²) >= 11 is 0. The topological polar surface area (TPSA) is 50.8 Å². The number of nitrogens with zero attached hydrogens (tertiary/aromatic N) is 3. The fraction of sp³-hybridized carbons (Fsp3) is 0.273. The molecule has 2 heterocycles. The van der Waals surface area contributed by atoms with Crippen molar-refractivity contribution in [2.24, 2.45) is 0 Å². The number of fused-ring (bicyclic) bond motifs is 1. The van der Waals surface area contributed by atoms with Crippen LogP contribution in [0.25, 0.3) is 0 Å². The predicted octanol–water partition coefficient (Wildman–Crippen LogP) is 4.32. The largest absolute Gasteiger partial charge is 0.361 e. The minimum atomic E-state index is -0.447. The highest BCUT2D eigenvalue weighted by Gasteiger charge is 2.41. The summed E-state index contributed by atoms with van der Waals surface area (Å²) < 4.78 is 8.52. The van der Waals surface area contributed by atoms with Gasteiger partial charge in [-0.15, -0.1) is 0 Å². The Labute approximate surface area is 153 Å². The van der Waals surface area contributed by atoms with E-state index in [9.17, 15) is 5.26 Å². The zero-order valence-corrected chi connectivity index (χ0v) is 14.9. The number of nitriles is 1. The first-order valence-corrected chi connectivity index (χ1v) is 8.92. The summed E-state index contributed by atoms with van der Waals surface area (Å²) in [5, 5.41) is 9.19. The number of aromatic nitrogens is 2. The van der Waals surface area contributed by atoms with E-state index in [0.29, 0.717) is 12.2 Å². The molecule has 0 N–H and O–H groups in total. The molecule has 1 aliphatic rings. The van der Waals surface area contributed by atoms with Gasteiger partial charge in [-0.1, -0.05) is 35.9 Å². The number of hydrogen-bond donors (Lipinski definition) is 0. The maximum absolute atomic E-state index is 9.19. The smallest absolute Gasteiger partial charge is 0.119 e. The molecule has 1 aliphatic heterocycles. The first-order chi connectivity index (χ1) is 12.7. The first kappa shape index (κ1) is 16.6. The van der Waals surface area contributed by atoms with Crippen LogP contribution in [0, 0.1) is 18.3 Å². The monoisotopic (exact) mass is 343 g/mol. The third-order valence-electron chi connectivity index (χ3n) is 5.17. The van der Waals surface area contributed by atoms with Crippen molar-refractivity contribution in [3.05, 3.63) is 89.0 Å². The molecule has 4 rings (SSSR count). The molecule has 0 fully saturated rings. The van der Waals surface area contributed by atoms with Crippen molar-refractivity contribution in [2.45, 2.75) is 38.5 Å². The van der Waals surface area contributed by atoms with Crippen molar-refractivity contribution < 1.29 is 4.74 Å². The lowest BCUT2D eigenvalue weighted by Gasteiger charge is -2.31. The molecular weight excluding hydrogens is 322 g/mol. The number of rotatable bonds is 5. The standard InChI is InChI=1S/C22H21N3O/c1-17-3-6-20(7-4-17)22(9-2-11-25-12-10-24-16-25)21-8-5-18(14-23)13-19(21)15-26-22/h3-8,10,12-13,16H,2,9,11,15H2,1H3. The van der Waals surface area contributed by atoms with Gasteiger partial charge < -0.3 is 9.30 Å². The lowest BCUT2D eigenvalue weighted by Crippen LogP contribution is -2.27. The van der Waals surface area contributed by atoms with Crippen LogP contribution in [-0.2, 0) is 23.5 Å². The molecule has 0 saturated carbocycles. The van der Waals surface area contributed by atoms with E-state index in [1.54, 1.807) is 6.20 Å². The summed E-state index contributed by atoms with van der Waals surface area (Å²) in [6.45, 7) is 3.55. The van der Waals surface area contributed by atoms with Gasteiger partial charge in [0.15, 0.2) is 0 Å². The summed E-state index contributed by atoms with van der Waals surface area (Å²) in [6.07, 6.45) is 7.50. The SMILES string of the molecule is Cc1ccc(C2(CCCn3ccnc3)OCc3cc(C#N)ccc32)cc1. The second kappa shape index (κ2) is 6.78. The number of hydrogen-bond acceptors (Lipinski definition) is 3. The van der Waals surface area contributed by atoms with Crippen molar-refractivity contribution in [3.63, 3.8) is 0 Å². The van der Waals surface area contributed by atoms with Crippen molar-refractivity contribution in [1.82, 2.24) is 9.55 Å². The molecule has 0 radical (unpaired) electrons. The van der Waals surface area contributed by atoms with E-state index in [1.165, 1.54) is 16.7 Å². The zero-order chi connectivity index (χ0) is 18.0. The van der Waals surface area contributed by atoms with Crippen LogP contribution in [0.3, 0.4) is 0 Å². The van der Waals surface area contributed by atoms with E-state index in [0.717, 1.165) is 24.9 Å². The molecule has 4 heteroatoms. The van der Waals surface area contributed by atoms with Gasteiger partial charge in [0.25, 0.3) is 0 Å². The highest BCUT2D eigenvalue weighted by atomic mass is 16.5. The van der Waals surface area contributed by atoms with Gasteiger partial charge in [0.05, 0.1) is 24.6 Å². The van der Waals surface area contributed by atoms with Gasteiger partial charge in [0, 0.05) is 18.9 Å². The average Bonchev–Trinajstić information content (AvgIpc) is 3.31. The average molecular weight is 343 g/mol. The Morgan fingerprint density at radius 1 is 1.23 bits per heavy atom. The molecule has 0 bridgehead atoms. The summed E-state index contributed by atoms with van der Waals surface area (Å²) in [7, 11) is 0. The molecule has 4 nitrogen and oxygen atoms in total. The molecule has 3 aromatic rings. The van der Waals surface area contributed by atoms with E-state index in [1.807, 2.05) is 24.7 Å². The Hall–Kier alpha value is -2.90. The van der Waals surface area contributed by atoms with Gasteiger partial charge in [-0.25, -0.2) is 4.98 Å². The van der Waals surface area contributed by atoms with Crippen LogP contribution < -0.4 is 0 Å². The van der Waals surface area contributed by atoms with Crippen LogP contribution in [0.2, 0.25) is 0 Å². The minimum absolute atomic E-state index is 0.447. The fourth-order valence-corrected chi connectivity index (χ4v) is 3.80. The highest BCUT2D eigenvalue weighted by molar-refractivity contribution is 5.48. The lowest BCUT2D eigenvalue weighted by molar-refractivity contribution is -0.0137. The summed E-state index contributed by atoms with van der Waals surface area (Å²) in [4.78, 5) is 4.11. The van der Waals surface area contributed by atoms with Crippen molar-refractivity contribution >= 4 is 0 Å². The van der Waals surface area contributed by atoms with Crippen LogP contribution in [0.5, 0.6) is 0 Å². The van der Waals surface area contributed by atoms with Gasteiger partial charge in [-0.3, -0.25) is 0 Å². The molecule has 130 valence electrons. The number of aryl methyl sites for hydroxylation is 2. The molecule has 1 aromatic heterocycles. The van der Waals surface area contributed by atoms with Gasteiger partial charge in [0.1, 0.15) is 5.60 Å². The van der Waals surface area contributed by atoms with E-state index in [4.69, 9.17) is 4.74 Å². The van der Waals surface area contributed by atoms with Crippen molar-refractivity contribution in [3.8, 4) is 6.07 Å². The van der Waals surface area contributed by atoms with Crippen LogP contribution in [0.15, 0.2) is 61.2 Å². The second-order valence-electron chi connectivity index (χ2n) is 6.87. The van der Waals surface area contributed by atoms with Gasteiger partial charge in [-0.2, -0.15) is 5.26 Å². The Morgan fingerprint density at radius 3 is 2.81 bits per heavy atom. The quantitative estimate of drug-likeness (QED) is 0.693. The van der Waals surface area contributed by atoms with Crippen molar-refractivity contribution in [1.29, 1.82) is 5.26 Å². The summed E-state index contributed by atoms with van der Waals surface area (Å²) in [6, 6.07) is 16.8. The van der Waals surface area contributed by atoms with Gasteiger partial charge >= 0.3 is 0 Å². The van der Waals surface area contributed by atoms with E-state index < -0.39 is 5.60 Å². The molecule has 1 atom stereocenters. The van der Waals surface area contributed by atoms with Crippen molar-refractivity contribution in [2.75, 3.05) is 0 Å². The Morgan fingerprint density at radius 2 is 2.08 bits per heavy atom. The predicted molar refractivity (Wildman–Crippen MR) is 99.4 cm³/mol. The molecule has 1 unspecified atom stereocenters. The number of imidazole rings is 1. The molecule has 0 amide bonds. The molecule has 0 saturated heterocycles. The molecule has 0 spiro atoms. The maximum atomic E-state index is 9.19. The van der Waals surface area contributed by atoms with Gasteiger partial charge in [-0.05, 0) is 48.6 Å². The van der Waals surface area contributed by atoms with Crippen LogP contribution in [-0.4, -0.2) is 9.55 Å². The molecular formula is C22H21N3O. The van der Waals surface area contributed by atoms with E-state index in [2.05, 4.69) is 52.9 Å². The highest BCUT2D eigenvalue weighted by Crippen LogP contribution is 2.45. The number of benzene rings is 2. The molecule has 2 aromatic carbocycles. The molecule has 0 aliphatic carbocycles. The minimum Gasteiger partial charge on any atom is -0.361 e. The Bertz CT molecular complexity index is 939. The number of ether oxygens (including phenoxy) is 1. The zero-order valence-electron chi connectivity index (χ0n) is 14.9. The third-order valence-corrected chi connectivity index (χ3v) is 5.17.